The van der Waals surface area contributed by atoms with E-state index in [0.29, 0.717) is 5.69 Å². The Labute approximate surface area is 188 Å². The van der Waals surface area contributed by atoms with Crippen LogP contribution in [-0.4, -0.2) is 10.5 Å². The first kappa shape index (κ1) is 21.1. The highest BCUT2D eigenvalue weighted by molar-refractivity contribution is 6.10. The Morgan fingerprint density at radius 3 is 2.41 bits per heavy atom. The third kappa shape index (κ3) is 4.06. The van der Waals surface area contributed by atoms with E-state index in [1.54, 1.807) is 6.08 Å². The van der Waals surface area contributed by atoms with Crippen LogP contribution in [-0.2, 0) is 4.79 Å². The number of aryl methyl sites for hydroxylation is 3. The van der Waals surface area contributed by atoms with Crippen LogP contribution in [0.5, 0.6) is 0 Å². The minimum atomic E-state index is -0.417. The molecule has 32 heavy (non-hydrogen) atoms. The number of fused-ring (bicyclic) bond motifs is 1. The van der Waals surface area contributed by atoms with Crippen molar-refractivity contribution in [2.75, 3.05) is 5.32 Å². The first-order chi connectivity index (χ1) is 15.4. The summed E-state index contributed by atoms with van der Waals surface area (Å²) in [5.41, 5.74) is 7.11. The first-order valence-corrected chi connectivity index (χ1v) is 10.6. The number of nitrogens with zero attached hydrogens (tertiary/aromatic N) is 2. The number of hydrogen-bond acceptors (Lipinski definition) is 2. The molecule has 0 saturated carbocycles. The van der Waals surface area contributed by atoms with Crippen LogP contribution in [0.15, 0.2) is 72.3 Å². The van der Waals surface area contributed by atoms with Crippen molar-refractivity contribution in [1.82, 2.24) is 4.57 Å². The van der Waals surface area contributed by atoms with E-state index in [9.17, 15) is 10.1 Å². The lowest BCUT2D eigenvalue weighted by Gasteiger charge is -2.13. The average Bonchev–Trinajstić information content (AvgIpc) is 3.05. The SMILES string of the molecule is Cc1ccc(-n2c(C)cc(C=C(C#N)C(=O)Nc3ccc4ccccc4c3)c2C)c(C)c1. The van der Waals surface area contributed by atoms with Crippen LogP contribution in [0.25, 0.3) is 22.5 Å². The van der Waals surface area contributed by atoms with Gasteiger partial charge in [-0.2, -0.15) is 5.26 Å². The number of aromatic nitrogens is 1. The minimum Gasteiger partial charge on any atom is -0.321 e. The monoisotopic (exact) mass is 419 g/mol. The van der Waals surface area contributed by atoms with Crippen molar-refractivity contribution >= 4 is 28.4 Å². The van der Waals surface area contributed by atoms with Crippen molar-refractivity contribution < 1.29 is 4.79 Å². The molecule has 0 fully saturated rings. The van der Waals surface area contributed by atoms with E-state index in [-0.39, 0.29) is 5.57 Å². The normalized spacial score (nSPS) is 11.4. The fourth-order valence-corrected chi connectivity index (χ4v) is 4.13. The molecule has 0 spiro atoms. The summed E-state index contributed by atoms with van der Waals surface area (Å²) in [7, 11) is 0. The Kier molecular flexibility index (Phi) is 5.66. The molecule has 0 bridgehead atoms. The summed E-state index contributed by atoms with van der Waals surface area (Å²) in [6, 6.07) is 24.1. The number of benzene rings is 3. The van der Waals surface area contributed by atoms with Gasteiger partial charge in [0.15, 0.2) is 0 Å². The van der Waals surface area contributed by atoms with Gasteiger partial charge in [0.05, 0.1) is 0 Å². The fourth-order valence-electron chi connectivity index (χ4n) is 4.13. The van der Waals surface area contributed by atoms with Gasteiger partial charge in [0.25, 0.3) is 5.91 Å². The molecule has 0 aliphatic heterocycles. The molecule has 4 nitrogen and oxygen atoms in total. The molecule has 0 aliphatic rings. The van der Waals surface area contributed by atoms with Gasteiger partial charge in [-0.15, -0.1) is 0 Å². The van der Waals surface area contributed by atoms with Crippen molar-refractivity contribution in [3.8, 4) is 11.8 Å². The van der Waals surface area contributed by atoms with Gasteiger partial charge in [-0.25, -0.2) is 0 Å². The van der Waals surface area contributed by atoms with Crippen LogP contribution in [0.4, 0.5) is 5.69 Å². The van der Waals surface area contributed by atoms with E-state index in [4.69, 9.17) is 0 Å². The van der Waals surface area contributed by atoms with E-state index in [1.165, 1.54) is 11.1 Å². The van der Waals surface area contributed by atoms with E-state index >= 15 is 0 Å². The lowest BCUT2D eigenvalue weighted by Crippen LogP contribution is -2.13. The number of carbonyl (C=O) groups excluding carboxylic acids is 1. The van der Waals surface area contributed by atoms with Crippen LogP contribution in [0, 0.1) is 39.0 Å². The zero-order valence-corrected chi connectivity index (χ0v) is 18.7. The molecule has 0 unspecified atom stereocenters. The summed E-state index contributed by atoms with van der Waals surface area (Å²) in [6.07, 6.45) is 1.67. The number of nitriles is 1. The van der Waals surface area contributed by atoms with E-state index in [1.807, 2.05) is 62.4 Å². The number of rotatable bonds is 4. The molecule has 158 valence electrons. The van der Waals surface area contributed by atoms with Crippen LogP contribution >= 0.6 is 0 Å². The number of nitrogens with one attached hydrogen (secondary N) is 1. The van der Waals surface area contributed by atoms with Gasteiger partial charge < -0.3 is 9.88 Å². The molecule has 0 aliphatic carbocycles. The molecular formula is C28H25N3O. The molecule has 1 heterocycles. The van der Waals surface area contributed by atoms with Crippen LogP contribution in [0.2, 0.25) is 0 Å². The van der Waals surface area contributed by atoms with Crippen LogP contribution in [0.1, 0.15) is 28.1 Å². The highest BCUT2D eigenvalue weighted by atomic mass is 16.1. The zero-order valence-electron chi connectivity index (χ0n) is 18.7. The number of hydrogen-bond donors (Lipinski definition) is 1. The second kappa shape index (κ2) is 8.56. The summed E-state index contributed by atoms with van der Waals surface area (Å²) in [5, 5.41) is 14.7. The first-order valence-electron chi connectivity index (χ1n) is 10.6. The second-order valence-electron chi connectivity index (χ2n) is 8.14. The van der Waals surface area contributed by atoms with E-state index in [0.717, 1.165) is 33.4 Å². The van der Waals surface area contributed by atoms with Crippen molar-refractivity contribution in [2.24, 2.45) is 0 Å². The van der Waals surface area contributed by atoms with Gasteiger partial charge in [0.1, 0.15) is 11.6 Å². The number of amides is 1. The topological polar surface area (TPSA) is 57.8 Å². The third-order valence-corrected chi connectivity index (χ3v) is 5.74. The summed E-state index contributed by atoms with van der Waals surface area (Å²) < 4.78 is 2.16. The van der Waals surface area contributed by atoms with Crippen molar-refractivity contribution in [3.05, 3.63) is 100 Å². The van der Waals surface area contributed by atoms with Crippen molar-refractivity contribution in [3.63, 3.8) is 0 Å². The standard InChI is InChI=1S/C28H25N3O/c1-18-9-12-27(19(2)13-18)31-20(3)14-24(21(31)4)15-25(17-29)28(32)30-26-11-10-22-7-5-6-8-23(22)16-26/h5-16H,1-4H3,(H,30,32). The summed E-state index contributed by atoms with van der Waals surface area (Å²) in [4.78, 5) is 12.8. The molecule has 0 atom stereocenters. The maximum atomic E-state index is 12.8. The molecule has 1 aromatic heterocycles. The largest absolute Gasteiger partial charge is 0.321 e. The molecule has 4 aromatic rings. The third-order valence-electron chi connectivity index (χ3n) is 5.74. The smallest absolute Gasteiger partial charge is 0.266 e. The van der Waals surface area contributed by atoms with Crippen molar-refractivity contribution in [1.29, 1.82) is 5.26 Å². The Morgan fingerprint density at radius 2 is 1.69 bits per heavy atom. The molecule has 3 aromatic carbocycles. The average molecular weight is 420 g/mol. The van der Waals surface area contributed by atoms with Gasteiger partial charge >= 0.3 is 0 Å². The molecular weight excluding hydrogens is 394 g/mol. The molecule has 0 radical (unpaired) electrons. The predicted molar refractivity (Wildman–Crippen MR) is 131 cm³/mol. The van der Waals surface area contributed by atoms with E-state index in [2.05, 4.69) is 48.0 Å². The predicted octanol–water partition coefficient (Wildman–Crippen LogP) is 6.41. The highest BCUT2D eigenvalue weighted by Gasteiger charge is 2.15. The Hall–Kier alpha value is -4.10. The number of anilines is 1. The Bertz CT molecular complexity index is 1420. The molecule has 1 N–H and O–H groups in total. The van der Waals surface area contributed by atoms with Gasteiger partial charge in [0, 0.05) is 22.8 Å². The lowest BCUT2D eigenvalue weighted by atomic mass is 10.1. The molecule has 4 heteroatoms. The van der Waals surface area contributed by atoms with Crippen LogP contribution in [0.3, 0.4) is 0 Å². The van der Waals surface area contributed by atoms with Gasteiger partial charge in [-0.05, 0) is 79.9 Å². The summed E-state index contributed by atoms with van der Waals surface area (Å²) >= 11 is 0. The quantitative estimate of drug-likeness (QED) is 0.307. The van der Waals surface area contributed by atoms with E-state index < -0.39 is 5.91 Å². The van der Waals surface area contributed by atoms with Gasteiger partial charge in [0.2, 0.25) is 0 Å². The summed E-state index contributed by atoms with van der Waals surface area (Å²) in [6.45, 7) is 8.21. The van der Waals surface area contributed by atoms with Crippen molar-refractivity contribution in [2.45, 2.75) is 27.7 Å². The lowest BCUT2D eigenvalue weighted by molar-refractivity contribution is -0.112. The second-order valence-corrected chi connectivity index (χ2v) is 8.14. The molecule has 4 rings (SSSR count). The minimum absolute atomic E-state index is 0.0686. The molecule has 0 saturated heterocycles. The molecule has 1 amide bonds. The number of carbonyl (C=O) groups is 1. The van der Waals surface area contributed by atoms with Gasteiger partial charge in [-0.1, -0.05) is 48.0 Å². The maximum Gasteiger partial charge on any atom is 0.266 e. The van der Waals surface area contributed by atoms with Crippen LogP contribution < -0.4 is 5.32 Å². The highest BCUT2D eigenvalue weighted by Crippen LogP contribution is 2.26. The van der Waals surface area contributed by atoms with Gasteiger partial charge in [-0.3, -0.25) is 4.79 Å². The Balaban J connectivity index is 1.65. The fraction of sp³-hybridized carbons (Fsp3) is 0.143. The summed E-state index contributed by atoms with van der Waals surface area (Å²) in [5.74, 6) is -0.417. The zero-order chi connectivity index (χ0) is 22.8. The Morgan fingerprint density at radius 1 is 0.938 bits per heavy atom. The maximum absolute atomic E-state index is 12.8.